The Balaban J connectivity index is 2.03. The lowest BCUT2D eigenvalue weighted by atomic mass is 10.0. The molecular formula is C17H16ClNO4. The SMILES string of the molecule is COC(=O)NC(C)Oc1ccc(C(=O)c2ccc(Cl)cc2)cc1. The first kappa shape index (κ1) is 16.8. The number of halogens is 1. The number of hydrogen-bond donors (Lipinski definition) is 1. The van der Waals surface area contributed by atoms with Crippen molar-refractivity contribution in [2.75, 3.05) is 7.11 Å². The van der Waals surface area contributed by atoms with Gasteiger partial charge in [-0.05, 0) is 55.5 Å². The van der Waals surface area contributed by atoms with Gasteiger partial charge in [0, 0.05) is 16.1 Å². The molecule has 23 heavy (non-hydrogen) atoms. The van der Waals surface area contributed by atoms with Crippen LogP contribution in [0.15, 0.2) is 48.5 Å². The molecule has 5 nitrogen and oxygen atoms in total. The van der Waals surface area contributed by atoms with Gasteiger partial charge in [0.2, 0.25) is 0 Å². The first-order valence-corrected chi connectivity index (χ1v) is 7.29. The van der Waals surface area contributed by atoms with Gasteiger partial charge in [0.05, 0.1) is 7.11 Å². The van der Waals surface area contributed by atoms with Crippen LogP contribution >= 0.6 is 11.6 Å². The Morgan fingerprint density at radius 2 is 1.52 bits per heavy atom. The zero-order chi connectivity index (χ0) is 16.8. The standard InChI is InChI=1S/C17H16ClNO4/c1-11(19-17(21)22-2)23-15-9-5-13(6-10-15)16(20)12-3-7-14(18)8-4-12/h3-11H,1-2H3,(H,19,21). The number of ketones is 1. The smallest absolute Gasteiger partial charge is 0.409 e. The van der Waals surface area contributed by atoms with E-state index in [-0.39, 0.29) is 5.78 Å². The van der Waals surface area contributed by atoms with Crippen LogP contribution in [-0.4, -0.2) is 25.2 Å². The molecule has 0 heterocycles. The summed E-state index contributed by atoms with van der Waals surface area (Å²) in [6, 6.07) is 13.4. The van der Waals surface area contributed by atoms with Crippen molar-refractivity contribution in [3.05, 3.63) is 64.7 Å². The number of ether oxygens (including phenoxy) is 2. The zero-order valence-electron chi connectivity index (χ0n) is 12.7. The van der Waals surface area contributed by atoms with Crippen LogP contribution < -0.4 is 10.1 Å². The van der Waals surface area contributed by atoms with E-state index in [1.54, 1.807) is 55.5 Å². The summed E-state index contributed by atoms with van der Waals surface area (Å²) in [6.45, 7) is 1.67. The van der Waals surface area contributed by atoms with E-state index in [1.807, 2.05) is 0 Å². The summed E-state index contributed by atoms with van der Waals surface area (Å²) in [5, 5.41) is 3.06. The largest absolute Gasteiger partial charge is 0.471 e. The van der Waals surface area contributed by atoms with Crippen molar-refractivity contribution < 1.29 is 19.1 Å². The number of hydrogen-bond acceptors (Lipinski definition) is 4. The third-order valence-electron chi connectivity index (χ3n) is 3.04. The van der Waals surface area contributed by atoms with E-state index in [1.165, 1.54) is 7.11 Å². The maximum atomic E-state index is 12.3. The van der Waals surface area contributed by atoms with Crippen LogP contribution in [0.25, 0.3) is 0 Å². The molecule has 0 spiro atoms. The first-order chi connectivity index (χ1) is 11.0. The fraction of sp³-hybridized carbons (Fsp3) is 0.176. The summed E-state index contributed by atoms with van der Waals surface area (Å²) >= 11 is 5.81. The molecule has 0 aliphatic carbocycles. The van der Waals surface area contributed by atoms with Crippen molar-refractivity contribution in [2.45, 2.75) is 13.2 Å². The van der Waals surface area contributed by atoms with Gasteiger partial charge < -0.3 is 9.47 Å². The maximum absolute atomic E-state index is 12.3. The van der Waals surface area contributed by atoms with E-state index >= 15 is 0 Å². The van der Waals surface area contributed by atoms with Crippen molar-refractivity contribution in [2.24, 2.45) is 0 Å². The normalized spacial score (nSPS) is 11.4. The lowest BCUT2D eigenvalue weighted by molar-refractivity contribution is 0.103. The van der Waals surface area contributed by atoms with Gasteiger partial charge in [-0.25, -0.2) is 4.79 Å². The molecule has 1 atom stereocenters. The number of carbonyl (C=O) groups excluding carboxylic acids is 2. The highest BCUT2D eigenvalue weighted by Crippen LogP contribution is 2.17. The number of benzene rings is 2. The van der Waals surface area contributed by atoms with Crippen molar-refractivity contribution >= 4 is 23.5 Å². The molecule has 1 N–H and O–H groups in total. The topological polar surface area (TPSA) is 64.6 Å². The van der Waals surface area contributed by atoms with Gasteiger partial charge in [-0.3, -0.25) is 10.1 Å². The molecule has 1 amide bonds. The zero-order valence-corrected chi connectivity index (χ0v) is 13.5. The fourth-order valence-electron chi connectivity index (χ4n) is 1.91. The number of rotatable bonds is 5. The van der Waals surface area contributed by atoms with Gasteiger partial charge in [0.15, 0.2) is 12.0 Å². The predicted molar refractivity (Wildman–Crippen MR) is 87.0 cm³/mol. The molecule has 6 heteroatoms. The summed E-state index contributed by atoms with van der Waals surface area (Å²) in [5.41, 5.74) is 1.09. The molecule has 120 valence electrons. The van der Waals surface area contributed by atoms with Gasteiger partial charge in [-0.1, -0.05) is 11.6 Å². The molecule has 0 fully saturated rings. The Kier molecular flexibility index (Phi) is 5.60. The molecule has 2 aromatic rings. The van der Waals surface area contributed by atoms with E-state index in [2.05, 4.69) is 10.1 Å². The van der Waals surface area contributed by atoms with Crippen LogP contribution in [0, 0.1) is 0 Å². The first-order valence-electron chi connectivity index (χ1n) is 6.91. The minimum Gasteiger partial charge on any atom is -0.471 e. The molecule has 2 rings (SSSR count). The Morgan fingerprint density at radius 1 is 1.00 bits per heavy atom. The summed E-state index contributed by atoms with van der Waals surface area (Å²) in [4.78, 5) is 23.4. The van der Waals surface area contributed by atoms with Crippen LogP contribution in [0.4, 0.5) is 4.79 Å². The Bertz CT molecular complexity index is 683. The minimum atomic E-state index is -0.577. The molecule has 0 bridgehead atoms. The second kappa shape index (κ2) is 7.65. The van der Waals surface area contributed by atoms with Gasteiger partial charge in [-0.2, -0.15) is 0 Å². The van der Waals surface area contributed by atoms with Crippen LogP contribution in [-0.2, 0) is 4.74 Å². The van der Waals surface area contributed by atoms with Gasteiger partial charge >= 0.3 is 6.09 Å². The molecule has 0 aliphatic heterocycles. The van der Waals surface area contributed by atoms with Gasteiger partial charge in [-0.15, -0.1) is 0 Å². The van der Waals surface area contributed by atoms with Gasteiger partial charge in [0.25, 0.3) is 0 Å². The molecule has 0 radical (unpaired) electrons. The monoisotopic (exact) mass is 333 g/mol. The number of amides is 1. The average molecular weight is 334 g/mol. The van der Waals surface area contributed by atoms with E-state index in [4.69, 9.17) is 16.3 Å². The number of carbonyl (C=O) groups is 2. The van der Waals surface area contributed by atoms with Crippen LogP contribution in [0.1, 0.15) is 22.8 Å². The summed E-state index contributed by atoms with van der Waals surface area (Å²) < 4.78 is 9.98. The highest BCUT2D eigenvalue weighted by atomic mass is 35.5. The lowest BCUT2D eigenvalue weighted by Gasteiger charge is -2.15. The van der Waals surface area contributed by atoms with E-state index in [0.29, 0.717) is 21.9 Å². The van der Waals surface area contributed by atoms with Crippen LogP contribution in [0.5, 0.6) is 5.75 Å². The highest BCUT2D eigenvalue weighted by Gasteiger charge is 2.11. The molecule has 0 aromatic heterocycles. The van der Waals surface area contributed by atoms with Crippen molar-refractivity contribution in [1.29, 1.82) is 0 Å². The fourth-order valence-corrected chi connectivity index (χ4v) is 2.04. The predicted octanol–water partition coefficient (Wildman–Crippen LogP) is 3.65. The number of nitrogens with one attached hydrogen (secondary N) is 1. The molecule has 0 saturated heterocycles. The van der Waals surface area contributed by atoms with Crippen LogP contribution in [0.3, 0.4) is 0 Å². The van der Waals surface area contributed by atoms with Crippen molar-refractivity contribution in [3.8, 4) is 5.75 Å². The van der Waals surface area contributed by atoms with Crippen LogP contribution in [0.2, 0.25) is 5.02 Å². The second-order valence-electron chi connectivity index (χ2n) is 4.76. The van der Waals surface area contributed by atoms with E-state index in [0.717, 1.165) is 0 Å². The molecule has 1 unspecified atom stereocenters. The van der Waals surface area contributed by atoms with Gasteiger partial charge in [0.1, 0.15) is 5.75 Å². The van der Waals surface area contributed by atoms with E-state index < -0.39 is 12.3 Å². The maximum Gasteiger partial charge on any atom is 0.409 e. The summed E-state index contributed by atoms with van der Waals surface area (Å²) in [7, 11) is 1.28. The Labute approximate surface area is 139 Å². The minimum absolute atomic E-state index is 0.103. The molecule has 2 aromatic carbocycles. The summed E-state index contributed by atoms with van der Waals surface area (Å²) in [6.07, 6.45) is -1.13. The Hall–Kier alpha value is -2.53. The van der Waals surface area contributed by atoms with E-state index in [9.17, 15) is 9.59 Å². The highest BCUT2D eigenvalue weighted by molar-refractivity contribution is 6.30. The number of methoxy groups -OCH3 is 1. The quantitative estimate of drug-likeness (QED) is 0.670. The lowest BCUT2D eigenvalue weighted by Crippen LogP contribution is -2.36. The average Bonchev–Trinajstić information content (AvgIpc) is 2.55. The third kappa shape index (κ3) is 4.72. The Morgan fingerprint density at radius 3 is 2.04 bits per heavy atom. The second-order valence-corrected chi connectivity index (χ2v) is 5.19. The number of alkyl carbamates (subject to hydrolysis) is 1. The molecule has 0 saturated carbocycles. The van der Waals surface area contributed by atoms with Crippen molar-refractivity contribution in [3.63, 3.8) is 0 Å². The summed E-state index contributed by atoms with van der Waals surface area (Å²) in [5.74, 6) is 0.426. The molecular weight excluding hydrogens is 318 g/mol. The third-order valence-corrected chi connectivity index (χ3v) is 3.29. The van der Waals surface area contributed by atoms with Crippen molar-refractivity contribution in [1.82, 2.24) is 5.32 Å². The molecule has 0 aliphatic rings.